The number of pyridine rings is 1. The van der Waals surface area contributed by atoms with Gasteiger partial charge < -0.3 is 19.0 Å². The first kappa shape index (κ1) is 23.6. The monoisotopic (exact) mass is 486 g/mol. The highest BCUT2D eigenvalue weighted by atomic mass is 31.2. The van der Waals surface area contributed by atoms with Gasteiger partial charge in [-0.2, -0.15) is 0 Å². The second-order valence-corrected chi connectivity index (χ2v) is 8.69. The van der Waals surface area contributed by atoms with Crippen LogP contribution >= 0.6 is 7.82 Å². The molecule has 2 aromatic carbocycles. The number of nitrogens with two attached hydrogens (primary N) is 1. The maximum Gasteiger partial charge on any atom is 0.472 e. The molecule has 176 valence electrons. The number of halogens is 1. The van der Waals surface area contributed by atoms with Gasteiger partial charge >= 0.3 is 7.82 Å². The van der Waals surface area contributed by atoms with Gasteiger partial charge in [0.2, 0.25) is 6.73 Å². The summed E-state index contributed by atoms with van der Waals surface area (Å²) >= 11 is 0. The Kier molecular flexibility index (Phi) is 7.04. The van der Waals surface area contributed by atoms with Crippen LogP contribution < -0.4 is 15.0 Å². The standard InChI is InChI=1S/C23H21FN3O6P/c24-18-4-1-3-17(11-18)14-31-20-8-6-16(7-9-20)12-19-13-22(33-26-19)21-5-2-10-27(23(21)25)15-32-34(28,29)30/h1-11,13,25H,12,14-15H2,(H2,28,29,30)/p+1. The Morgan fingerprint density at radius 3 is 2.59 bits per heavy atom. The molecule has 0 aliphatic heterocycles. The number of ether oxygens (including phenoxy) is 1. The summed E-state index contributed by atoms with van der Waals surface area (Å²) in [6.45, 7) is -0.153. The van der Waals surface area contributed by atoms with E-state index in [1.165, 1.54) is 22.9 Å². The van der Waals surface area contributed by atoms with E-state index in [1.54, 1.807) is 30.3 Å². The van der Waals surface area contributed by atoms with Crippen molar-refractivity contribution in [2.24, 2.45) is 0 Å². The van der Waals surface area contributed by atoms with Gasteiger partial charge in [-0.05, 0) is 47.5 Å². The smallest absolute Gasteiger partial charge is 0.472 e. The van der Waals surface area contributed by atoms with Crippen LogP contribution in [-0.2, 0) is 28.8 Å². The Morgan fingerprint density at radius 1 is 1.06 bits per heavy atom. The Bertz CT molecular complexity index is 1320. The van der Waals surface area contributed by atoms with Crippen molar-refractivity contribution in [1.29, 1.82) is 0 Å². The molecule has 2 aromatic heterocycles. The van der Waals surface area contributed by atoms with Gasteiger partial charge in [-0.1, -0.05) is 29.4 Å². The normalized spacial score (nSPS) is 11.5. The zero-order valence-corrected chi connectivity index (χ0v) is 18.8. The molecule has 4 N–H and O–H groups in total. The number of nitrogen functional groups attached to an aromatic ring is 1. The Balaban J connectivity index is 1.40. The van der Waals surface area contributed by atoms with E-state index in [4.69, 9.17) is 24.8 Å². The molecular formula is C23H22FN3O6P+. The number of phosphoric acid groups is 1. The summed E-state index contributed by atoms with van der Waals surface area (Å²) in [7, 11) is -4.64. The summed E-state index contributed by atoms with van der Waals surface area (Å²) in [6.07, 6.45) is 2.03. The number of anilines is 1. The quantitative estimate of drug-likeness (QED) is 0.242. The van der Waals surface area contributed by atoms with Crippen LogP contribution in [0.25, 0.3) is 11.3 Å². The molecule has 0 radical (unpaired) electrons. The van der Waals surface area contributed by atoms with Gasteiger partial charge in [0, 0.05) is 12.5 Å². The van der Waals surface area contributed by atoms with E-state index in [1.807, 2.05) is 24.3 Å². The fourth-order valence-corrected chi connectivity index (χ4v) is 3.52. The molecular weight excluding hydrogens is 464 g/mol. The van der Waals surface area contributed by atoms with Crippen LogP contribution in [0, 0.1) is 5.82 Å². The third-order valence-corrected chi connectivity index (χ3v) is 5.36. The summed E-state index contributed by atoms with van der Waals surface area (Å²) < 4.78 is 41.2. The summed E-state index contributed by atoms with van der Waals surface area (Å²) in [5.74, 6) is 0.976. The topological polar surface area (TPSA) is 132 Å². The molecule has 0 bridgehead atoms. The van der Waals surface area contributed by atoms with E-state index in [2.05, 4.69) is 9.68 Å². The lowest BCUT2D eigenvalue weighted by atomic mass is 10.1. The largest absolute Gasteiger partial charge is 0.489 e. The Hall–Kier alpha value is -3.56. The van der Waals surface area contributed by atoms with Crippen molar-refractivity contribution in [2.45, 2.75) is 19.8 Å². The molecule has 0 aliphatic carbocycles. The molecule has 0 saturated heterocycles. The minimum Gasteiger partial charge on any atom is -0.489 e. The average molecular weight is 486 g/mol. The van der Waals surface area contributed by atoms with Gasteiger partial charge in [0.15, 0.2) is 5.76 Å². The molecule has 2 heterocycles. The molecule has 0 amide bonds. The van der Waals surface area contributed by atoms with Crippen LogP contribution in [0.1, 0.15) is 16.8 Å². The number of hydrogen-bond acceptors (Lipinski definition) is 6. The van der Waals surface area contributed by atoms with Crippen LogP contribution in [0.2, 0.25) is 0 Å². The van der Waals surface area contributed by atoms with Crippen molar-refractivity contribution >= 4 is 13.6 Å². The predicted octanol–water partition coefficient (Wildman–Crippen LogP) is 3.59. The Morgan fingerprint density at radius 2 is 1.85 bits per heavy atom. The second kappa shape index (κ2) is 10.1. The first-order valence-electron chi connectivity index (χ1n) is 10.2. The van der Waals surface area contributed by atoms with Gasteiger partial charge in [-0.25, -0.2) is 18.0 Å². The fraction of sp³-hybridized carbons (Fsp3) is 0.130. The minimum atomic E-state index is -4.64. The number of rotatable bonds is 9. The number of hydrogen-bond donors (Lipinski definition) is 3. The second-order valence-electron chi connectivity index (χ2n) is 7.45. The molecule has 34 heavy (non-hydrogen) atoms. The average Bonchev–Trinajstić information content (AvgIpc) is 3.25. The Labute approximate surface area is 194 Å². The van der Waals surface area contributed by atoms with Crippen molar-refractivity contribution in [1.82, 2.24) is 5.16 Å². The van der Waals surface area contributed by atoms with Crippen LogP contribution in [0.4, 0.5) is 10.2 Å². The number of aromatic nitrogens is 2. The van der Waals surface area contributed by atoms with E-state index in [-0.39, 0.29) is 18.2 Å². The first-order valence-corrected chi connectivity index (χ1v) is 11.7. The van der Waals surface area contributed by atoms with E-state index >= 15 is 0 Å². The molecule has 9 nitrogen and oxygen atoms in total. The van der Waals surface area contributed by atoms with Gasteiger partial charge in [-0.3, -0.25) is 5.73 Å². The van der Waals surface area contributed by atoms with Crippen molar-refractivity contribution in [3.63, 3.8) is 0 Å². The van der Waals surface area contributed by atoms with Crippen LogP contribution in [0.5, 0.6) is 5.75 Å². The molecule has 0 aliphatic rings. The molecule has 0 fully saturated rings. The first-order chi connectivity index (χ1) is 16.3. The molecule has 4 aromatic rings. The third-order valence-electron chi connectivity index (χ3n) is 4.91. The molecule has 4 rings (SSSR count). The predicted molar refractivity (Wildman–Crippen MR) is 120 cm³/mol. The van der Waals surface area contributed by atoms with Crippen LogP contribution in [-0.4, -0.2) is 14.9 Å². The third kappa shape index (κ3) is 6.27. The highest BCUT2D eigenvalue weighted by Crippen LogP contribution is 2.35. The summed E-state index contributed by atoms with van der Waals surface area (Å²) in [6, 6.07) is 18.8. The summed E-state index contributed by atoms with van der Waals surface area (Å²) in [5, 5.41) is 4.09. The zero-order chi connectivity index (χ0) is 24.1. The van der Waals surface area contributed by atoms with Gasteiger partial charge in [0.25, 0.3) is 5.82 Å². The minimum absolute atomic E-state index is 0.207. The molecule has 0 spiro atoms. The van der Waals surface area contributed by atoms with E-state index < -0.39 is 14.6 Å². The number of nitrogens with zero attached hydrogens (tertiary/aromatic N) is 2. The molecule has 0 saturated carbocycles. The SMILES string of the molecule is Nc1c(-c2cc(Cc3ccc(OCc4cccc(F)c4)cc3)no2)ccc[n+]1COP(=O)(O)O. The lowest BCUT2D eigenvalue weighted by molar-refractivity contribution is -0.711. The lowest BCUT2D eigenvalue weighted by Gasteiger charge is -2.07. The van der Waals surface area contributed by atoms with Crippen molar-refractivity contribution in [3.05, 3.63) is 95.6 Å². The number of benzene rings is 2. The lowest BCUT2D eigenvalue weighted by Crippen LogP contribution is -2.38. The van der Waals surface area contributed by atoms with E-state index in [0.29, 0.717) is 29.2 Å². The van der Waals surface area contributed by atoms with E-state index in [0.717, 1.165) is 11.1 Å². The summed E-state index contributed by atoms with van der Waals surface area (Å²) in [5.41, 5.74) is 9.01. The highest BCUT2D eigenvalue weighted by Gasteiger charge is 2.20. The zero-order valence-electron chi connectivity index (χ0n) is 17.9. The number of phosphoric ester groups is 1. The van der Waals surface area contributed by atoms with Crippen LogP contribution in [0.15, 0.2) is 77.4 Å². The molecule has 11 heteroatoms. The maximum absolute atomic E-state index is 13.3. The molecule has 0 unspecified atom stereocenters. The van der Waals surface area contributed by atoms with Crippen molar-refractivity contribution in [3.8, 4) is 17.1 Å². The van der Waals surface area contributed by atoms with Crippen molar-refractivity contribution < 1.29 is 37.1 Å². The van der Waals surface area contributed by atoms with E-state index in [9.17, 15) is 8.96 Å². The van der Waals surface area contributed by atoms with Crippen LogP contribution in [0.3, 0.4) is 0 Å². The van der Waals surface area contributed by atoms with Crippen molar-refractivity contribution in [2.75, 3.05) is 5.73 Å². The highest BCUT2D eigenvalue weighted by molar-refractivity contribution is 7.46. The van der Waals surface area contributed by atoms with Gasteiger partial charge in [0.05, 0.1) is 11.9 Å². The molecule has 0 atom stereocenters. The maximum atomic E-state index is 13.3. The summed E-state index contributed by atoms with van der Waals surface area (Å²) in [4.78, 5) is 17.8. The van der Waals surface area contributed by atoms with Gasteiger partial charge in [-0.15, -0.1) is 0 Å². The van der Waals surface area contributed by atoms with Gasteiger partial charge in [0.1, 0.15) is 23.7 Å². The fourth-order valence-electron chi connectivity index (χ4n) is 3.25.